The molecule has 0 aliphatic rings. The Morgan fingerprint density at radius 3 is 2.11 bits per heavy atom. The first-order valence-corrected chi connectivity index (χ1v) is 6.25. The van der Waals surface area contributed by atoms with Gasteiger partial charge in [0, 0.05) is 23.0 Å². The van der Waals surface area contributed by atoms with E-state index in [2.05, 4.69) is 60.9 Å². The fourth-order valence-corrected chi connectivity index (χ4v) is 2.26. The lowest BCUT2D eigenvalue weighted by Crippen LogP contribution is -2.00. The molecule has 1 aromatic carbocycles. The van der Waals surface area contributed by atoms with Crippen molar-refractivity contribution < 1.29 is 0 Å². The molecule has 0 bridgehead atoms. The van der Waals surface area contributed by atoms with Crippen molar-refractivity contribution in [2.45, 2.75) is 27.2 Å². The lowest BCUT2D eigenvalue weighted by Gasteiger charge is -2.10. The summed E-state index contributed by atoms with van der Waals surface area (Å²) in [4.78, 5) is 0. The van der Waals surface area contributed by atoms with E-state index in [-0.39, 0.29) is 5.92 Å². The Hall–Kier alpha value is -2.01. The van der Waals surface area contributed by atoms with Gasteiger partial charge in [0.2, 0.25) is 0 Å². The van der Waals surface area contributed by atoms with Gasteiger partial charge in [0.15, 0.2) is 0 Å². The highest BCUT2D eigenvalue weighted by molar-refractivity contribution is 5.39. The summed E-state index contributed by atoms with van der Waals surface area (Å²) < 4.78 is 2.23. The number of hydrogen-bond acceptors (Lipinski definition) is 1. The molecule has 1 atom stereocenters. The standard InChI is InChI=1S/C16H18N2/c1-12(11-17)10-15-6-8-16(9-7-15)18-13(2)4-5-14(18)3/h4-9,12H,10H2,1-3H3. The molecule has 0 radical (unpaired) electrons. The largest absolute Gasteiger partial charge is 0.319 e. The Kier molecular flexibility index (Phi) is 3.53. The van der Waals surface area contributed by atoms with Gasteiger partial charge in [-0.25, -0.2) is 0 Å². The highest BCUT2D eigenvalue weighted by Gasteiger charge is 2.05. The predicted molar refractivity (Wildman–Crippen MR) is 73.7 cm³/mol. The summed E-state index contributed by atoms with van der Waals surface area (Å²) in [6.07, 6.45) is 0.820. The van der Waals surface area contributed by atoms with Gasteiger partial charge in [0.05, 0.1) is 6.07 Å². The van der Waals surface area contributed by atoms with E-state index < -0.39 is 0 Å². The van der Waals surface area contributed by atoms with Gasteiger partial charge in [0.1, 0.15) is 0 Å². The quantitative estimate of drug-likeness (QED) is 0.799. The topological polar surface area (TPSA) is 28.7 Å². The smallest absolute Gasteiger partial charge is 0.0656 e. The average molecular weight is 238 g/mol. The minimum Gasteiger partial charge on any atom is -0.319 e. The summed E-state index contributed by atoms with van der Waals surface area (Å²) in [5.74, 6) is 0.0749. The fourth-order valence-electron chi connectivity index (χ4n) is 2.26. The molecule has 0 N–H and O–H groups in total. The number of aryl methyl sites for hydroxylation is 2. The van der Waals surface area contributed by atoms with E-state index in [0.29, 0.717) is 0 Å². The second-order valence-electron chi connectivity index (χ2n) is 4.85. The van der Waals surface area contributed by atoms with Crippen LogP contribution < -0.4 is 0 Å². The molecule has 0 fully saturated rings. The van der Waals surface area contributed by atoms with Crippen LogP contribution in [0.5, 0.6) is 0 Å². The molecule has 2 rings (SSSR count). The second-order valence-corrected chi connectivity index (χ2v) is 4.85. The number of nitriles is 1. The molecule has 92 valence electrons. The van der Waals surface area contributed by atoms with Gasteiger partial charge in [-0.05, 0) is 57.0 Å². The van der Waals surface area contributed by atoms with E-state index in [0.717, 1.165) is 6.42 Å². The van der Waals surface area contributed by atoms with Crippen molar-refractivity contribution in [2.24, 2.45) is 5.92 Å². The Morgan fingerprint density at radius 2 is 1.61 bits per heavy atom. The lowest BCUT2D eigenvalue weighted by atomic mass is 10.0. The third-order valence-electron chi connectivity index (χ3n) is 3.23. The van der Waals surface area contributed by atoms with Crippen molar-refractivity contribution in [2.75, 3.05) is 0 Å². The highest BCUT2D eigenvalue weighted by atomic mass is 15.0. The summed E-state index contributed by atoms with van der Waals surface area (Å²) in [6.45, 7) is 6.17. The Balaban J connectivity index is 2.26. The van der Waals surface area contributed by atoms with E-state index in [1.54, 1.807) is 0 Å². The van der Waals surface area contributed by atoms with Crippen LogP contribution in [-0.2, 0) is 6.42 Å². The van der Waals surface area contributed by atoms with Crippen molar-refractivity contribution >= 4 is 0 Å². The Labute approximate surface area is 108 Å². The molecule has 1 heterocycles. The minimum absolute atomic E-state index is 0.0749. The second kappa shape index (κ2) is 5.10. The van der Waals surface area contributed by atoms with Gasteiger partial charge in [-0.2, -0.15) is 5.26 Å². The maximum absolute atomic E-state index is 8.82. The van der Waals surface area contributed by atoms with Crippen LogP contribution in [0.4, 0.5) is 0 Å². The van der Waals surface area contributed by atoms with Gasteiger partial charge < -0.3 is 4.57 Å². The zero-order valence-corrected chi connectivity index (χ0v) is 11.1. The summed E-state index contributed by atoms with van der Waals surface area (Å²) >= 11 is 0. The van der Waals surface area contributed by atoms with Gasteiger partial charge in [-0.1, -0.05) is 12.1 Å². The van der Waals surface area contributed by atoms with Crippen LogP contribution in [0.25, 0.3) is 5.69 Å². The first-order chi connectivity index (χ1) is 8.61. The van der Waals surface area contributed by atoms with Crippen molar-refractivity contribution in [3.63, 3.8) is 0 Å². The first kappa shape index (κ1) is 12.4. The van der Waals surface area contributed by atoms with Gasteiger partial charge in [-0.3, -0.25) is 0 Å². The van der Waals surface area contributed by atoms with Gasteiger partial charge in [0.25, 0.3) is 0 Å². The highest BCUT2D eigenvalue weighted by Crippen LogP contribution is 2.17. The molecule has 0 aliphatic heterocycles. The monoisotopic (exact) mass is 238 g/mol. The number of rotatable bonds is 3. The van der Waals surface area contributed by atoms with Crippen molar-refractivity contribution in [1.29, 1.82) is 5.26 Å². The Bertz CT molecular complexity index is 551. The zero-order chi connectivity index (χ0) is 13.1. The molecule has 0 amide bonds. The van der Waals surface area contributed by atoms with Crippen LogP contribution in [0.1, 0.15) is 23.9 Å². The van der Waals surface area contributed by atoms with Gasteiger partial charge in [-0.15, -0.1) is 0 Å². The van der Waals surface area contributed by atoms with Crippen LogP contribution in [0.2, 0.25) is 0 Å². The fraction of sp³-hybridized carbons (Fsp3) is 0.312. The molecule has 0 saturated carbocycles. The normalized spacial score (nSPS) is 12.1. The first-order valence-electron chi connectivity index (χ1n) is 6.25. The SMILES string of the molecule is Cc1ccc(C)n1-c1ccc(CC(C)C#N)cc1. The zero-order valence-electron chi connectivity index (χ0n) is 11.1. The van der Waals surface area contributed by atoms with E-state index in [1.807, 2.05) is 6.92 Å². The third kappa shape index (κ3) is 2.46. The maximum atomic E-state index is 8.82. The molecule has 0 saturated heterocycles. The van der Waals surface area contributed by atoms with E-state index >= 15 is 0 Å². The molecule has 0 spiro atoms. The van der Waals surface area contributed by atoms with E-state index in [9.17, 15) is 0 Å². The summed E-state index contributed by atoms with van der Waals surface area (Å²) in [6, 6.07) is 15.0. The number of aromatic nitrogens is 1. The summed E-state index contributed by atoms with van der Waals surface area (Å²) in [5.41, 5.74) is 4.88. The van der Waals surface area contributed by atoms with E-state index in [4.69, 9.17) is 5.26 Å². The number of nitrogens with zero attached hydrogens (tertiary/aromatic N) is 2. The van der Waals surface area contributed by atoms with Crippen LogP contribution in [0, 0.1) is 31.1 Å². The molecule has 2 heteroatoms. The van der Waals surface area contributed by atoms with Crippen LogP contribution in [0.15, 0.2) is 36.4 Å². The molecule has 2 nitrogen and oxygen atoms in total. The molecule has 1 unspecified atom stereocenters. The molecular weight excluding hydrogens is 220 g/mol. The molecule has 0 aliphatic carbocycles. The molecule has 1 aromatic heterocycles. The molecule has 2 aromatic rings. The Morgan fingerprint density at radius 1 is 1.06 bits per heavy atom. The van der Waals surface area contributed by atoms with Crippen LogP contribution >= 0.6 is 0 Å². The van der Waals surface area contributed by atoms with Crippen LogP contribution in [0.3, 0.4) is 0 Å². The average Bonchev–Trinajstić information content (AvgIpc) is 2.70. The predicted octanol–water partition coefficient (Wildman–Crippen LogP) is 3.80. The minimum atomic E-state index is 0.0749. The van der Waals surface area contributed by atoms with Crippen LogP contribution in [-0.4, -0.2) is 4.57 Å². The number of hydrogen-bond donors (Lipinski definition) is 0. The number of benzene rings is 1. The van der Waals surface area contributed by atoms with Crippen molar-refractivity contribution in [3.8, 4) is 11.8 Å². The van der Waals surface area contributed by atoms with Crippen molar-refractivity contribution in [1.82, 2.24) is 4.57 Å². The molecule has 18 heavy (non-hydrogen) atoms. The van der Waals surface area contributed by atoms with E-state index in [1.165, 1.54) is 22.6 Å². The third-order valence-corrected chi connectivity index (χ3v) is 3.23. The van der Waals surface area contributed by atoms with Crippen molar-refractivity contribution in [3.05, 3.63) is 53.3 Å². The maximum Gasteiger partial charge on any atom is 0.0656 e. The summed E-state index contributed by atoms with van der Waals surface area (Å²) in [5, 5.41) is 8.82. The summed E-state index contributed by atoms with van der Waals surface area (Å²) in [7, 11) is 0. The van der Waals surface area contributed by atoms with Gasteiger partial charge >= 0.3 is 0 Å². The lowest BCUT2D eigenvalue weighted by molar-refractivity contribution is 0.738. The molecular formula is C16H18N2.